The molecule has 2 aromatic rings. The van der Waals surface area contributed by atoms with Gasteiger partial charge in [-0.3, -0.25) is 4.99 Å². The molecule has 0 unspecified atom stereocenters. The average Bonchev–Trinajstić information content (AvgIpc) is 2.82. The molecule has 1 N–H and O–H groups in total. The number of nitrogens with one attached hydrogen (secondary N) is 1. The predicted octanol–water partition coefficient (Wildman–Crippen LogP) is 3.94. The number of aliphatic imine (C=N–C) groups is 1. The Balaban J connectivity index is 1.66. The molecular weight excluding hydrogens is 220 g/mol. The molecule has 1 aliphatic heterocycles. The van der Waals surface area contributed by atoms with Gasteiger partial charge in [0, 0.05) is 24.0 Å². The summed E-state index contributed by atoms with van der Waals surface area (Å²) in [5, 5.41) is 3.24. The Morgan fingerprint density at radius 3 is 2.56 bits per heavy atom. The SMILES string of the molecule is C(=CC1=Nc2ccccc2C1)Nc1ccccc1. The molecule has 1 heterocycles. The van der Waals surface area contributed by atoms with Crippen molar-refractivity contribution in [3.63, 3.8) is 0 Å². The molecule has 2 heteroatoms. The van der Waals surface area contributed by atoms with Gasteiger partial charge in [-0.1, -0.05) is 36.4 Å². The molecule has 0 fully saturated rings. The van der Waals surface area contributed by atoms with Crippen LogP contribution in [-0.2, 0) is 6.42 Å². The lowest BCUT2D eigenvalue weighted by atomic mass is 10.1. The maximum Gasteiger partial charge on any atom is 0.0669 e. The van der Waals surface area contributed by atoms with Gasteiger partial charge in [0.15, 0.2) is 0 Å². The fourth-order valence-corrected chi connectivity index (χ4v) is 2.02. The first-order chi connectivity index (χ1) is 8.92. The Bertz CT molecular complexity index is 598. The number of allylic oxidation sites excluding steroid dienone is 1. The Morgan fingerprint density at radius 2 is 1.72 bits per heavy atom. The Hall–Kier alpha value is -2.35. The largest absolute Gasteiger partial charge is 0.362 e. The van der Waals surface area contributed by atoms with Crippen LogP contribution in [0.2, 0.25) is 0 Å². The molecule has 0 saturated carbocycles. The summed E-state index contributed by atoms with van der Waals surface area (Å²) in [6.07, 6.45) is 4.90. The summed E-state index contributed by atoms with van der Waals surface area (Å²) in [6, 6.07) is 18.4. The molecule has 0 saturated heterocycles. The Kier molecular flexibility index (Phi) is 2.92. The third kappa shape index (κ3) is 2.33. The third-order valence-electron chi connectivity index (χ3n) is 2.93. The van der Waals surface area contributed by atoms with Gasteiger partial charge in [-0.25, -0.2) is 0 Å². The Labute approximate surface area is 107 Å². The topological polar surface area (TPSA) is 24.4 Å². The maximum absolute atomic E-state index is 4.57. The summed E-state index contributed by atoms with van der Waals surface area (Å²) in [4.78, 5) is 4.57. The minimum Gasteiger partial charge on any atom is -0.362 e. The van der Waals surface area contributed by atoms with Gasteiger partial charge in [0.05, 0.1) is 5.69 Å². The highest BCUT2D eigenvalue weighted by molar-refractivity contribution is 6.02. The van der Waals surface area contributed by atoms with Gasteiger partial charge in [0.2, 0.25) is 0 Å². The highest BCUT2D eigenvalue weighted by Gasteiger charge is 2.10. The van der Waals surface area contributed by atoms with Crippen LogP contribution < -0.4 is 5.32 Å². The molecule has 0 amide bonds. The van der Waals surface area contributed by atoms with E-state index in [2.05, 4.69) is 28.5 Å². The zero-order chi connectivity index (χ0) is 12.2. The molecule has 0 aromatic heterocycles. The van der Waals surface area contributed by atoms with Crippen molar-refractivity contribution in [3.05, 3.63) is 72.4 Å². The molecule has 88 valence electrons. The van der Waals surface area contributed by atoms with Gasteiger partial charge in [-0.2, -0.15) is 0 Å². The van der Waals surface area contributed by atoms with Crippen LogP contribution >= 0.6 is 0 Å². The van der Waals surface area contributed by atoms with E-state index in [1.54, 1.807) is 0 Å². The van der Waals surface area contributed by atoms with Crippen LogP contribution in [0.3, 0.4) is 0 Å². The molecule has 0 aliphatic carbocycles. The summed E-state index contributed by atoms with van der Waals surface area (Å²) in [5.41, 5.74) is 4.58. The predicted molar refractivity (Wildman–Crippen MR) is 76.4 cm³/mol. The molecule has 0 atom stereocenters. The number of hydrogen-bond donors (Lipinski definition) is 1. The van der Waals surface area contributed by atoms with Crippen LogP contribution in [0.1, 0.15) is 5.56 Å². The smallest absolute Gasteiger partial charge is 0.0669 e. The van der Waals surface area contributed by atoms with E-state index >= 15 is 0 Å². The summed E-state index contributed by atoms with van der Waals surface area (Å²) in [5.74, 6) is 0. The molecule has 1 aliphatic rings. The lowest BCUT2D eigenvalue weighted by Crippen LogP contribution is -1.94. The minimum absolute atomic E-state index is 0.920. The van der Waals surface area contributed by atoms with E-state index in [4.69, 9.17) is 0 Å². The molecular formula is C16H14N2. The zero-order valence-corrected chi connectivity index (χ0v) is 10.0. The fourth-order valence-electron chi connectivity index (χ4n) is 2.02. The molecule has 0 bridgehead atoms. The molecule has 18 heavy (non-hydrogen) atoms. The number of rotatable bonds is 3. The second-order valence-electron chi connectivity index (χ2n) is 4.25. The fraction of sp³-hybridized carbons (Fsp3) is 0.0625. The van der Waals surface area contributed by atoms with Crippen molar-refractivity contribution in [3.8, 4) is 0 Å². The van der Waals surface area contributed by atoms with Gasteiger partial charge in [0.25, 0.3) is 0 Å². The quantitative estimate of drug-likeness (QED) is 0.854. The van der Waals surface area contributed by atoms with Gasteiger partial charge in [0.1, 0.15) is 0 Å². The number of fused-ring (bicyclic) bond motifs is 1. The highest BCUT2D eigenvalue weighted by Crippen LogP contribution is 2.26. The molecule has 2 aromatic carbocycles. The van der Waals surface area contributed by atoms with Crippen molar-refractivity contribution in [2.24, 2.45) is 4.99 Å². The number of hydrogen-bond acceptors (Lipinski definition) is 2. The second kappa shape index (κ2) is 4.88. The van der Waals surface area contributed by atoms with E-state index in [1.165, 1.54) is 5.56 Å². The van der Waals surface area contributed by atoms with Crippen LogP contribution in [-0.4, -0.2) is 5.71 Å². The van der Waals surface area contributed by atoms with Crippen molar-refractivity contribution in [2.75, 3.05) is 5.32 Å². The lowest BCUT2D eigenvalue weighted by molar-refractivity contribution is 1.40. The first-order valence-electron chi connectivity index (χ1n) is 6.05. The van der Waals surface area contributed by atoms with Crippen molar-refractivity contribution in [2.45, 2.75) is 6.42 Å². The second-order valence-corrected chi connectivity index (χ2v) is 4.25. The number of nitrogens with zero attached hydrogens (tertiary/aromatic N) is 1. The zero-order valence-electron chi connectivity index (χ0n) is 10.0. The minimum atomic E-state index is 0.920. The van der Waals surface area contributed by atoms with Crippen LogP contribution in [0.5, 0.6) is 0 Å². The lowest BCUT2D eigenvalue weighted by Gasteiger charge is -1.98. The number of anilines is 1. The van der Waals surface area contributed by atoms with Crippen LogP contribution in [0, 0.1) is 0 Å². The van der Waals surface area contributed by atoms with Gasteiger partial charge >= 0.3 is 0 Å². The summed E-state index contributed by atoms with van der Waals surface area (Å²) >= 11 is 0. The average molecular weight is 234 g/mol. The van der Waals surface area contributed by atoms with Crippen molar-refractivity contribution < 1.29 is 0 Å². The van der Waals surface area contributed by atoms with Crippen molar-refractivity contribution in [1.82, 2.24) is 0 Å². The highest BCUT2D eigenvalue weighted by atomic mass is 14.8. The monoisotopic (exact) mass is 234 g/mol. The standard InChI is InChI=1S/C16H14N2/c1-2-7-14(8-3-1)17-11-10-15-12-13-6-4-5-9-16(13)18-15/h1-11,17H,12H2. The van der Waals surface area contributed by atoms with Gasteiger partial charge in [-0.05, 0) is 29.8 Å². The van der Waals surface area contributed by atoms with E-state index in [9.17, 15) is 0 Å². The first-order valence-corrected chi connectivity index (χ1v) is 6.05. The normalized spacial score (nSPS) is 13.4. The van der Waals surface area contributed by atoms with Gasteiger partial charge in [-0.15, -0.1) is 0 Å². The van der Waals surface area contributed by atoms with Gasteiger partial charge < -0.3 is 5.32 Å². The van der Waals surface area contributed by atoms with E-state index in [0.29, 0.717) is 0 Å². The van der Waals surface area contributed by atoms with E-state index < -0.39 is 0 Å². The maximum atomic E-state index is 4.57. The number of para-hydroxylation sites is 2. The van der Waals surface area contributed by atoms with E-state index in [0.717, 1.165) is 23.5 Å². The summed E-state index contributed by atoms with van der Waals surface area (Å²) in [7, 11) is 0. The van der Waals surface area contributed by atoms with Crippen LogP contribution in [0.15, 0.2) is 71.9 Å². The molecule has 0 radical (unpaired) electrons. The molecule has 0 spiro atoms. The van der Waals surface area contributed by atoms with Crippen molar-refractivity contribution >= 4 is 17.1 Å². The van der Waals surface area contributed by atoms with E-state index in [1.807, 2.05) is 48.7 Å². The first kappa shape index (κ1) is 10.8. The van der Waals surface area contributed by atoms with Crippen LogP contribution in [0.4, 0.5) is 11.4 Å². The van der Waals surface area contributed by atoms with E-state index in [-0.39, 0.29) is 0 Å². The Morgan fingerprint density at radius 1 is 0.944 bits per heavy atom. The van der Waals surface area contributed by atoms with Crippen LogP contribution in [0.25, 0.3) is 0 Å². The third-order valence-corrected chi connectivity index (χ3v) is 2.93. The number of benzene rings is 2. The summed E-state index contributed by atoms with van der Waals surface area (Å²) < 4.78 is 0. The molecule has 2 nitrogen and oxygen atoms in total. The molecule has 3 rings (SSSR count). The summed E-state index contributed by atoms with van der Waals surface area (Å²) in [6.45, 7) is 0. The van der Waals surface area contributed by atoms with Crippen molar-refractivity contribution in [1.29, 1.82) is 0 Å².